The van der Waals surface area contributed by atoms with Crippen molar-refractivity contribution in [3.05, 3.63) is 125 Å². The average molecular weight is 1350 g/mol. The van der Waals surface area contributed by atoms with Crippen LogP contribution in [0, 0.1) is 0 Å². The van der Waals surface area contributed by atoms with E-state index in [2.05, 4.69) is 72.7 Å². The molecule has 32 heteroatoms. The summed E-state index contributed by atoms with van der Waals surface area (Å²) in [6, 6.07) is 16.6. The molecule has 1 aliphatic rings. The molecule has 0 atom stereocenters. The van der Waals surface area contributed by atoms with Crippen LogP contribution in [0.4, 0.5) is 4.79 Å². The van der Waals surface area contributed by atoms with Crippen LogP contribution in [0.15, 0.2) is 86.8 Å². The van der Waals surface area contributed by atoms with Crippen LogP contribution in [0.1, 0.15) is 174 Å². The van der Waals surface area contributed by atoms with E-state index in [0.29, 0.717) is 63.5 Å². The van der Waals surface area contributed by atoms with Crippen molar-refractivity contribution in [3.63, 3.8) is 0 Å². The lowest BCUT2D eigenvalue weighted by Crippen LogP contribution is -2.32. The maximum Gasteiger partial charge on any atom is 0.403 e. The predicted octanol–water partition coefficient (Wildman–Crippen LogP) is 8.84. The summed E-state index contributed by atoms with van der Waals surface area (Å²) in [6.07, 6.45) is 8.40. The normalized spacial score (nSPS) is 11.7. The van der Waals surface area contributed by atoms with Gasteiger partial charge in [-0.3, -0.25) is 38.9 Å². The van der Waals surface area contributed by atoms with Crippen molar-refractivity contribution in [1.29, 1.82) is 0 Å². The Bertz CT molecular complexity index is 2900. The predicted molar refractivity (Wildman–Crippen MR) is 337 cm³/mol. The molecule has 0 unspecified atom stereocenters. The molecule has 6 aromatic heterocycles. The third-order valence-corrected chi connectivity index (χ3v) is 10.4. The Morgan fingerprint density at radius 2 is 0.913 bits per heavy atom. The fourth-order valence-electron chi connectivity index (χ4n) is 6.46. The van der Waals surface area contributed by atoms with Gasteiger partial charge in [-0.05, 0) is 137 Å². The number of aryl methyl sites for hydroxylation is 3. The lowest BCUT2D eigenvalue weighted by atomic mass is 10.2. The van der Waals surface area contributed by atoms with Crippen molar-refractivity contribution in [2.75, 3.05) is 45.3 Å². The number of likely N-dealkylation sites (N-methyl/N-ethyl adjacent to an activating group) is 1. The molecule has 0 spiro atoms. The first-order valence-electron chi connectivity index (χ1n) is 29.0. The fourth-order valence-corrected chi connectivity index (χ4v) is 6.57. The zero-order valence-corrected chi connectivity index (χ0v) is 56.2. The number of hydrogen-bond donors (Lipinski definition) is 4. The minimum absolute atomic E-state index is 0.0387. The molecule has 0 radical (unpaired) electrons. The second kappa shape index (κ2) is 46.0. The quantitative estimate of drug-likeness (QED) is 0.0226. The van der Waals surface area contributed by atoms with E-state index in [-0.39, 0.29) is 79.0 Å². The van der Waals surface area contributed by atoms with Gasteiger partial charge in [-0.2, -0.15) is 15.0 Å². The highest BCUT2D eigenvalue weighted by Crippen LogP contribution is 2.14. The van der Waals surface area contributed by atoms with Gasteiger partial charge in [0.05, 0.1) is 55.3 Å². The van der Waals surface area contributed by atoms with Crippen LogP contribution in [0.3, 0.4) is 0 Å². The number of nitrogens with one attached hydrogen (secondary N) is 2. The highest BCUT2D eigenvalue weighted by atomic mass is 35.5. The number of pyridine rings is 3. The Morgan fingerprint density at radius 3 is 1.15 bits per heavy atom. The fraction of sp³-hybridized carbons (Fsp3) is 0.533. The second-order valence-electron chi connectivity index (χ2n) is 21.9. The first-order chi connectivity index (χ1) is 43.5. The summed E-state index contributed by atoms with van der Waals surface area (Å²) in [4.78, 5) is 105. The molecule has 7 rings (SSSR count). The molecule has 0 aromatic carbocycles. The van der Waals surface area contributed by atoms with Gasteiger partial charge in [-0.15, -0.1) is 23.2 Å². The minimum atomic E-state index is -1.24. The Hall–Kier alpha value is -8.09. The van der Waals surface area contributed by atoms with Crippen LogP contribution in [-0.4, -0.2) is 159 Å². The van der Waals surface area contributed by atoms with Gasteiger partial charge < -0.3 is 63.6 Å². The first-order valence-corrected chi connectivity index (χ1v) is 30.4. The number of esters is 3. The number of aromatic nitrogens is 9. The number of ether oxygens (including phenoxy) is 5. The van der Waals surface area contributed by atoms with Crippen molar-refractivity contribution in [1.82, 2.24) is 60.9 Å². The van der Waals surface area contributed by atoms with Crippen LogP contribution in [0.25, 0.3) is 0 Å². The van der Waals surface area contributed by atoms with Gasteiger partial charge >= 0.3 is 29.3 Å². The van der Waals surface area contributed by atoms with E-state index in [1.54, 1.807) is 70.6 Å². The number of carboxylic acid groups (broad SMARTS) is 1. The average Bonchev–Trinajstić information content (AvgIpc) is 2.65. The van der Waals surface area contributed by atoms with E-state index < -0.39 is 40.0 Å². The molecule has 92 heavy (non-hydrogen) atoms. The van der Waals surface area contributed by atoms with E-state index in [0.717, 1.165) is 43.4 Å². The summed E-state index contributed by atoms with van der Waals surface area (Å²) in [7, 11) is 2.11. The second-order valence-corrected chi connectivity index (χ2v) is 23.0. The van der Waals surface area contributed by atoms with E-state index in [4.69, 9.17) is 78.2 Å². The van der Waals surface area contributed by atoms with Crippen molar-refractivity contribution in [2.45, 2.75) is 163 Å². The Kier molecular flexibility index (Phi) is 41.0. The van der Waals surface area contributed by atoms with Crippen LogP contribution in [-0.2, 0) is 77.0 Å². The van der Waals surface area contributed by atoms with Crippen LogP contribution >= 0.6 is 34.8 Å². The summed E-state index contributed by atoms with van der Waals surface area (Å²) in [6.45, 7) is 23.4. The zero-order valence-electron chi connectivity index (χ0n) is 53.9. The number of carbonyl (C=O) groups is 7. The van der Waals surface area contributed by atoms with Gasteiger partial charge in [-0.25, -0.2) is 9.59 Å². The smallest absolute Gasteiger partial charge is 0.403 e. The Labute approximate surface area is 550 Å². The number of carbonyl (C=O) groups excluding carboxylic acids is 6. The Morgan fingerprint density at radius 1 is 0.576 bits per heavy atom. The SMILES string of the molecule is CC(C)(C)OC(=O)CCCc1nc(C(=O)NCc2ccccn2)no1.CC(C)(C)OC(=O)CCCc1nc(C(=O)NCc2ccccn2)no1.CC(C)(C)OC(=O)CCCc1nc(C(=O)O)no1.CCOC(=O)Cl.CN1CCOCC1.ClCCl.NCc1ccccn1. The molecule has 0 saturated carbocycles. The molecule has 29 nitrogen and oxygen atoms in total. The van der Waals surface area contributed by atoms with Gasteiger partial charge in [-0.1, -0.05) is 28.5 Å². The number of halogens is 3. The van der Waals surface area contributed by atoms with Crippen molar-refractivity contribution in [2.24, 2.45) is 5.73 Å². The molecule has 6 aromatic rings. The molecule has 0 bridgehead atoms. The number of aromatic carboxylic acids is 1. The van der Waals surface area contributed by atoms with E-state index >= 15 is 0 Å². The molecule has 2 amide bonds. The van der Waals surface area contributed by atoms with E-state index in [1.807, 2.05) is 71.9 Å². The summed E-state index contributed by atoms with van der Waals surface area (Å²) >= 11 is 14.2. The van der Waals surface area contributed by atoms with Crippen LogP contribution in [0.2, 0.25) is 0 Å². The number of nitrogens with zero attached hydrogens (tertiary/aromatic N) is 10. The van der Waals surface area contributed by atoms with Gasteiger partial charge in [0.1, 0.15) is 16.8 Å². The Balaban J connectivity index is 0.000000588. The number of nitrogens with two attached hydrogens (primary N) is 1. The van der Waals surface area contributed by atoms with Crippen molar-refractivity contribution >= 4 is 75.9 Å². The van der Waals surface area contributed by atoms with Crippen molar-refractivity contribution in [3.8, 4) is 0 Å². The monoisotopic (exact) mass is 1350 g/mol. The van der Waals surface area contributed by atoms with E-state index in [9.17, 15) is 33.6 Å². The maximum atomic E-state index is 12.0. The molecular weight excluding hydrogens is 1270 g/mol. The van der Waals surface area contributed by atoms with Gasteiger partial charge in [0, 0.05) is 88.4 Å². The molecule has 7 heterocycles. The number of hydrogen-bond acceptors (Lipinski definition) is 26. The molecule has 5 N–H and O–H groups in total. The molecule has 1 aliphatic heterocycles. The summed E-state index contributed by atoms with van der Waals surface area (Å²) in [5, 5.41) is 24.7. The standard InChI is InChI=1S/2C17H22N4O4.C11H16N2O5.C6H8N2.C5H11NO.C3H5ClO2.CH2Cl2/c2*1-17(2,3)24-14(22)9-6-8-13-20-15(21-25-13)16(23)19-11-12-7-4-5-10-18-12;1-11(2,3)17-8(14)6-4-5-7-12-9(10(15)16)13-18-7;7-5-6-3-1-2-4-8-6;1-6-2-4-7-5-3-6;1-2-6-3(4)5;2-1-3/h2*4-5,7,10H,6,8-9,11H2,1-3H3,(H,19,23);4-6H2,1-3H3,(H,15,16);1-4H,5,7H2;2-5H2,1H3;2H2,1H3;1H2. The lowest BCUT2D eigenvalue weighted by Gasteiger charge is -2.21. The first kappa shape index (κ1) is 81.9. The minimum Gasteiger partial charge on any atom is -0.475 e. The zero-order chi connectivity index (χ0) is 69.0. The third kappa shape index (κ3) is 43.6. The topological polar surface area (TPSA) is 395 Å². The largest absolute Gasteiger partial charge is 0.475 e. The van der Waals surface area contributed by atoms with Gasteiger partial charge in [0.25, 0.3) is 29.3 Å². The summed E-state index contributed by atoms with van der Waals surface area (Å²) in [5.41, 5.74) is 5.45. The molecule has 0 aliphatic carbocycles. The highest BCUT2D eigenvalue weighted by Gasteiger charge is 2.21. The summed E-state index contributed by atoms with van der Waals surface area (Å²) < 4.78 is 39.6. The number of alkyl halides is 2. The number of carboxylic acids is 1. The van der Waals surface area contributed by atoms with Crippen molar-refractivity contribution < 1.29 is 75.9 Å². The molecule has 508 valence electrons. The van der Waals surface area contributed by atoms with Crippen LogP contribution in [0.5, 0.6) is 0 Å². The molecule has 1 fully saturated rings. The summed E-state index contributed by atoms with van der Waals surface area (Å²) in [5.74, 6) is -2.60. The van der Waals surface area contributed by atoms with Gasteiger partial charge in [0.2, 0.25) is 17.7 Å². The van der Waals surface area contributed by atoms with Crippen LogP contribution < -0.4 is 16.4 Å². The van der Waals surface area contributed by atoms with Gasteiger partial charge in [0.15, 0.2) is 0 Å². The number of amides is 2. The maximum absolute atomic E-state index is 12.0. The third-order valence-electron chi connectivity index (χ3n) is 10.3. The lowest BCUT2D eigenvalue weighted by molar-refractivity contribution is -0.156. The molecule has 1 saturated heterocycles. The van der Waals surface area contributed by atoms with E-state index in [1.165, 1.54) is 0 Å². The number of rotatable bonds is 21. The highest BCUT2D eigenvalue weighted by molar-refractivity contribution is 6.61. The number of morpholine rings is 1. The molecular formula is C60H86Cl3N13O16.